The van der Waals surface area contributed by atoms with E-state index in [9.17, 15) is 4.79 Å². The molecule has 0 fully saturated rings. The molecule has 0 spiro atoms. The summed E-state index contributed by atoms with van der Waals surface area (Å²) in [5.74, 6) is 1.87. The van der Waals surface area contributed by atoms with E-state index in [-0.39, 0.29) is 5.91 Å². The molecule has 0 saturated heterocycles. The molecule has 1 N–H and O–H groups in total. The summed E-state index contributed by atoms with van der Waals surface area (Å²) in [4.78, 5) is 20.6. The molecule has 0 bridgehead atoms. The lowest BCUT2D eigenvalue weighted by atomic mass is 9.95. The van der Waals surface area contributed by atoms with Gasteiger partial charge in [0.15, 0.2) is 5.82 Å². The highest BCUT2D eigenvalue weighted by Gasteiger charge is 2.29. The van der Waals surface area contributed by atoms with Crippen molar-refractivity contribution in [3.05, 3.63) is 59.7 Å². The first-order valence-electron chi connectivity index (χ1n) is 11.4. The number of amides is 1. The van der Waals surface area contributed by atoms with Crippen molar-refractivity contribution in [1.29, 1.82) is 0 Å². The van der Waals surface area contributed by atoms with Gasteiger partial charge in [-0.2, -0.15) is 5.10 Å². The molecule has 0 unspecified atom stereocenters. The van der Waals surface area contributed by atoms with Gasteiger partial charge in [-0.15, -0.1) is 0 Å². The predicted octanol–water partition coefficient (Wildman–Crippen LogP) is 3.72. The minimum Gasteiger partial charge on any atom is -0.495 e. The van der Waals surface area contributed by atoms with E-state index in [1.54, 1.807) is 20.2 Å². The van der Waals surface area contributed by atoms with Crippen LogP contribution in [0.25, 0.3) is 16.8 Å². The molecular formula is C25H26N6O2. The molecular weight excluding hydrogens is 416 g/mol. The molecule has 0 atom stereocenters. The Balaban J connectivity index is 1.39. The van der Waals surface area contributed by atoms with Gasteiger partial charge in [-0.3, -0.25) is 9.89 Å². The highest BCUT2D eigenvalue weighted by molar-refractivity contribution is 5.79. The average molecular weight is 443 g/mol. The van der Waals surface area contributed by atoms with Gasteiger partial charge < -0.3 is 18.9 Å². The number of aromatic amines is 1. The van der Waals surface area contributed by atoms with Crippen molar-refractivity contribution in [3.8, 4) is 16.9 Å². The van der Waals surface area contributed by atoms with Crippen LogP contribution in [0, 0.1) is 0 Å². The Hall–Kier alpha value is -3.81. The fourth-order valence-electron chi connectivity index (χ4n) is 5.09. The van der Waals surface area contributed by atoms with Crippen molar-refractivity contribution < 1.29 is 9.53 Å². The minimum atomic E-state index is 0.111. The zero-order chi connectivity index (χ0) is 22.5. The summed E-state index contributed by atoms with van der Waals surface area (Å²) in [6.45, 7) is 3.90. The van der Waals surface area contributed by atoms with Crippen LogP contribution in [-0.4, -0.2) is 50.6 Å². The molecule has 4 aromatic rings. The Kier molecular flexibility index (Phi) is 4.60. The van der Waals surface area contributed by atoms with Crippen LogP contribution in [0.3, 0.4) is 0 Å². The van der Waals surface area contributed by atoms with Gasteiger partial charge >= 0.3 is 0 Å². The lowest BCUT2D eigenvalue weighted by Gasteiger charge is -2.32. The number of pyridine rings is 1. The first-order chi connectivity index (χ1) is 16.1. The van der Waals surface area contributed by atoms with Crippen molar-refractivity contribution in [3.63, 3.8) is 0 Å². The molecule has 168 valence electrons. The van der Waals surface area contributed by atoms with Gasteiger partial charge in [0.2, 0.25) is 5.91 Å². The molecule has 0 saturated carbocycles. The largest absolute Gasteiger partial charge is 0.495 e. The van der Waals surface area contributed by atoms with Crippen LogP contribution in [0.15, 0.2) is 42.9 Å². The third-order valence-electron chi connectivity index (χ3n) is 6.84. The summed E-state index contributed by atoms with van der Waals surface area (Å²) in [5, 5.41) is 7.91. The molecule has 8 nitrogen and oxygen atoms in total. The number of nitrogens with one attached hydrogen (secondary N) is 1. The lowest BCUT2D eigenvalue weighted by Crippen LogP contribution is -2.35. The number of methoxy groups -OCH3 is 1. The van der Waals surface area contributed by atoms with Gasteiger partial charge in [-0.05, 0) is 42.2 Å². The van der Waals surface area contributed by atoms with E-state index in [4.69, 9.17) is 4.74 Å². The minimum absolute atomic E-state index is 0.111. The second-order valence-electron chi connectivity index (χ2n) is 8.74. The summed E-state index contributed by atoms with van der Waals surface area (Å²) in [6.07, 6.45) is 8.56. The number of aryl methyl sites for hydroxylation is 1. The number of aromatic nitrogens is 4. The molecule has 1 aromatic carbocycles. The van der Waals surface area contributed by atoms with Gasteiger partial charge in [-0.1, -0.05) is 6.07 Å². The average Bonchev–Trinajstić information content (AvgIpc) is 3.48. The standard InChI is InChI=1S/C25H26N6O2/c1-16(32)29-10-7-21-20(14-29)25(28-27-21)31-9-3-4-18-12-17(5-6-22(18)31)19-13-24-26-8-11-30(24)15-23(19)33-2/h5-6,8,11-13,15H,3-4,7,9-10,14H2,1-2H3,(H,27,28). The summed E-state index contributed by atoms with van der Waals surface area (Å²) in [7, 11) is 1.70. The molecule has 5 heterocycles. The van der Waals surface area contributed by atoms with Crippen molar-refractivity contribution in [1.82, 2.24) is 24.5 Å². The fourth-order valence-corrected chi connectivity index (χ4v) is 5.09. The number of fused-ring (bicyclic) bond motifs is 3. The van der Waals surface area contributed by atoms with Crippen LogP contribution in [0.5, 0.6) is 5.75 Å². The maximum absolute atomic E-state index is 12.0. The number of carbonyl (C=O) groups excluding carboxylic acids is 1. The first-order valence-corrected chi connectivity index (χ1v) is 11.4. The molecule has 0 radical (unpaired) electrons. The fraction of sp³-hybridized carbons (Fsp3) is 0.320. The summed E-state index contributed by atoms with van der Waals surface area (Å²) < 4.78 is 7.65. The number of hydrogen-bond acceptors (Lipinski definition) is 5. The van der Waals surface area contributed by atoms with Crippen LogP contribution in [0.2, 0.25) is 0 Å². The van der Waals surface area contributed by atoms with E-state index in [0.717, 1.165) is 72.0 Å². The zero-order valence-corrected chi connectivity index (χ0v) is 18.8. The second kappa shape index (κ2) is 7.65. The van der Waals surface area contributed by atoms with Crippen LogP contribution in [0.1, 0.15) is 30.2 Å². The summed E-state index contributed by atoms with van der Waals surface area (Å²) >= 11 is 0. The quantitative estimate of drug-likeness (QED) is 0.523. The number of benzene rings is 1. The lowest BCUT2D eigenvalue weighted by molar-refractivity contribution is -0.129. The van der Waals surface area contributed by atoms with Gasteiger partial charge in [-0.25, -0.2) is 4.98 Å². The van der Waals surface area contributed by atoms with Crippen LogP contribution < -0.4 is 9.64 Å². The number of anilines is 2. The number of ether oxygens (including phenoxy) is 1. The van der Waals surface area contributed by atoms with Gasteiger partial charge in [0, 0.05) is 61.3 Å². The Morgan fingerprint density at radius 1 is 1.18 bits per heavy atom. The predicted molar refractivity (Wildman–Crippen MR) is 126 cm³/mol. The number of carbonyl (C=O) groups is 1. The molecule has 1 amide bonds. The third-order valence-corrected chi connectivity index (χ3v) is 6.84. The smallest absolute Gasteiger partial charge is 0.219 e. The number of imidazole rings is 1. The number of nitrogens with zero attached hydrogens (tertiary/aromatic N) is 5. The molecule has 2 aliphatic heterocycles. The Bertz CT molecular complexity index is 1370. The van der Waals surface area contributed by atoms with E-state index >= 15 is 0 Å². The monoisotopic (exact) mass is 442 g/mol. The maximum Gasteiger partial charge on any atom is 0.219 e. The number of rotatable bonds is 3. The first kappa shape index (κ1) is 19.8. The molecule has 0 aliphatic carbocycles. The highest BCUT2D eigenvalue weighted by Crippen LogP contribution is 2.40. The normalized spacial score (nSPS) is 15.5. The van der Waals surface area contributed by atoms with Crippen LogP contribution in [0.4, 0.5) is 11.5 Å². The van der Waals surface area contributed by atoms with Gasteiger partial charge in [0.05, 0.1) is 19.9 Å². The number of hydrogen-bond donors (Lipinski definition) is 1. The van der Waals surface area contributed by atoms with E-state index < -0.39 is 0 Å². The molecule has 8 heteroatoms. The van der Waals surface area contributed by atoms with Crippen molar-refractivity contribution >= 4 is 23.1 Å². The van der Waals surface area contributed by atoms with Crippen molar-refractivity contribution in [2.75, 3.05) is 25.1 Å². The Labute approximate surface area is 191 Å². The maximum atomic E-state index is 12.0. The number of H-pyrrole nitrogens is 1. The van der Waals surface area contributed by atoms with E-state index in [1.807, 2.05) is 21.7 Å². The third kappa shape index (κ3) is 3.25. The van der Waals surface area contributed by atoms with Gasteiger partial charge in [0.25, 0.3) is 0 Å². The SMILES string of the molecule is COc1cn2ccnc2cc1-c1ccc2c(c1)CCCN2c1n[nH]c2c1CN(C(C)=O)CC2. The topological polar surface area (TPSA) is 78.8 Å². The van der Waals surface area contributed by atoms with Crippen molar-refractivity contribution in [2.24, 2.45) is 0 Å². The van der Waals surface area contributed by atoms with Crippen LogP contribution >= 0.6 is 0 Å². The molecule has 6 rings (SSSR count). The summed E-state index contributed by atoms with van der Waals surface area (Å²) in [5.41, 5.74) is 7.79. The Morgan fingerprint density at radius 2 is 2.09 bits per heavy atom. The van der Waals surface area contributed by atoms with E-state index in [0.29, 0.717) is 6.54 Å². The summed E-state index contributed by atoms with van der Waals surface area (Å²) in [6, 6.07) is 8.67. The van der Waals surface area contributed by atoms with Crippen molar-refractivity contribution in [2.45, 2.75) is 32.7 Å². The van der Waals surface area contributed by atoms with E-state index in [1.165, 1.54) is 11.3 Å². The van der Waals surface area contributed by atoms with E-state index in [2.05, 4.69) is 44.3 Å². The Morgan fingerprint density at radius 3 is 2.94 bits per heavy atom. The molecule has 2 aliphatic rings. The second-order valence-corrected chi connectivity index (χ2v) is 8.74. The molecule has 3 aromatic heterocycles. The highest BCUT2D eigenvalue weighted by atomic mass is 16.5. The van der Waals surface area contributed by atoms with Crippen LogP contribution in [-0.2, 0) is 24.2 Å². The molecule has 33 heavy (non-hydrogen) atoms. The van der Waals surface area contributed by atoms with Gasteiger partial charge in [0.1, 0.15) is 11.4 Å². The zero-order valence-electron chi connectivity index (χ0n) is 18.8.